The van der Waals surface area contributed by atoms with Gasteiger partial charge >= 0.3 is 0 Å². The zero-order chi connectivity index (χ0) is 29.1. The third kappa shape index (κ3) is 3.87. The van der Waals surface area contributed by atoms with E-state index in [1.54, 1.807) is 31.6 Å². The lowest BCUT2D eigenvalue weighted by Gasteiger charge is -2.34. The number of hydrogen-bond donors (Lipinski definition) is 0. The van der Waals surface area contributed by atoms with E-state index in [2.05, 4.69) is 34.1 Å². The molecule has 4 heterocycles. The van der Waals surface area contributed by atoms with E-state index in [1.165, 1.54) is 0 Å². The summed E-state index contributed by atoms with van der Waals surface area (Å²) in [7, 11) is 1.59. The number of anilines is 2. The second-order valence-electron chi connectivity index (χ2n) is 10.7. The van der Waals surface area contributed by atoms with E-state index < -0.39 is 6.04 Å². The number of guanidine groups is 1. The van der Waals surface area contributed by atoms with Crippen LogP contribution in [0, 0.1) is 6.92 Å². The molecule has 0 bridgehead atoms. The fourth-order valence-corrected chi connectivity index (χ4v) is 6.20. The fraction of sp³-hybridized carbons (Fsp3) is 0.114. The zero-order valence-corrected chi connectivity index (χ0v) is 23.6. The van der Waals surface area contributed by atoms with Crippen LogP contribution in [0.1, 0.15) is 28.4 Å². The van der Waals surface area contributed by atoms with E-state index in [1.807, 2.05) is 72.3 Å². The molecule has 0 saturated heterocycles. The molecule has 2 aromatic heterocycles. The summed E-state index contributed by atoms with van der Waals surface area (Å²) in [5.74, 6) is 2.01. The average molecular weight is 566 g/mol. The number of aryl methyl sites for hydroxylation is 1. The molecule has 8 heteroatoms. The first-order chi connectivity index (χ1) is 21.1. The van der Waals surface area contributed by atoms with E-state index in [0.717, 1.165) is 39.8 Å². The monoisotopic (exact) mass is 565 g/mol. The first-order valence-electron chi connectivity index (χ1n) is 14.1. The number of nitrogens with zero attached hydrogens (tertiary/aromatic N) is 5. The van der Waals surface area contributed by atoms with Crippen LogP contribution < -0.4 is 20.0 Å². The molecule has 1 unspecified atom stereocenters. The quantitative estimate of drug-likeness (QED) is 0.226. The Morgan fingerprint density at radius 3 is 2.37 bits per heavy atom. The summed E-state index contributed by atoms with van der Waals surface area (Å²) in [5, 5.41) is 5.42. The average Bonchev–Trinajstić information content (AvgIpc) is 3.55. The number of para-hydroxylation sites is 3. The van der Waals surface area contributed by atoms with Gasteiger partial charge in [-0.15, -0.1) is 0 Å². The normalized spacial score (nSPS) is 15.2. The second kappa shape index (κ2) is 9.73. The molecule has 43 heavy (non-hydrogen) atoms. The van der Waals surface area contributed by atoms with Gasteiger partial charge in [0.25, 0.3) is 0 Å². The van der Waals surface area contributed by atoms with Crippen molar-refractivity contribution in [1.82, 2.24) is 9.78 Å². The molecular formula is C35H27N5O3. The minimum Gasteiger partial charge on any atom is -0.497 e. The molecule has 0 N–H and O–H groups in total. The summed E-state index contributed by atoms with van der Waals surface area (Å²) in [6.45, 7) is 2.58. The Hall–Kier alpha value is -5.63. The second-order valence-corrected chi connectivity index (χ2v) is 10.7. The van der Waals surface area contributed by atoms with E-state index in [0.29, 0.717) is 34.6 Å². The molecule has 2 aliphatic rings. The van der Waals surface area contributed by atoms with Crippen LogP contribution in [0.25, 0.3) is 16.7 Å². The van der Waals surface area contributed by atoms with Crippen molar-refractivity contribution < 1.29 is 9.15 Å². The third-order valence-corrected chi connectivity index (χ3v) is 8.19. The first-order valence-corrected chi connectivity index (χ1v) is 14.1. The summed E-state index contributed by atoms with van der Waals surface area (Å²) >= 11 is 0. The number of benzene rings is 4. The van der Waals surface area contributed by atoms with Gasteiger partial charge in [0.2, 0.25) is 5.96 Å². The van der Waals surface area contributed by atoms with Crippen LogP contribution in [-0.2, 0) is 6.54 Å². The van der Waals surface area contributed by atoms with Gasteiger partial charge in [0.05, 0.1) is 53.4 Å². The van der Waals surface area contributed by atoms with Crippen LogP contribution in [0.3, 0.4) is 0 Å². The fourth-order valence-electron chi connectivity index (χ4n) is 6.20. The predicted octanol–water partition coefficient (Wildman–Crippen LogP) is 6.91. The van der Waals surface area contributed by atoms with E-state index in [4.69, 9.17) is 19.2 Å². The van der Waals surface area contributed by atoms with Crippen LogP contribution >= 0.6 is 0 Å². The third-order valence-electron chi connectivity index (χ3n) is 8.19. The summed E-state index contributed by atoms with van der Waals surface area (Å²) in [5.41, 5.74) is 6.55. The molecule has 8 rings (SSSR count). The van der Waals surface area contributed by atoms with Crippen molar-refractivity contribution in [1.29, 1.82) is 0 Å². The molecule has 0 amide bonds. The molecule has 1 atom stereocenters. The van der Waals surface area contributed by atoms with Crippen molar-refractivity contribution in [2.75, 3.05) is 16.9 Å². The summed E-state index contributed by atoms with van der Waals surface area (Å²) < 4.78 is 13.4. The van der Waals surface area contributed by atoms with Crippen molar-refractivity contribution >= 4 is 34.1 Å². The number of fused-ring (bicyclic) bond motifs is 5. The lowest BCUT2D eigenvalue weighted by Crippen LogP contribution is -2.44. The van der Waals surface area contributed by atoms with Gasteiger partial charge in [-0.1, -0.05) is 60.7 Å². The number of methoxy groups -OCH3 is 1. The van der Waals surface area contributed by atoms with Crippen LogP contribution in [0.2, 0.25) is 0 Å². The van der Waals surface area contributed by atoms with Gasteiger partial charge in [-0.3, -0.25) is 9.69 Å². The number of rotatable bonds is 5. The standard InChI is InChI=1S/C35H27N5O3/c1-22-31-32(27-21-43-30-18-17-25(42-2)19-26(30)33(27)41)39-29-16-10-9-15-28(29)38(20-23-11-5-3-6-12-23)35(39)36-34(31)40(37-22)24-13-7-4-8-14-24/h3-19,21,32H,20H2,1-2H3. The first kappa shape index (κ1) is 25.1. The van der Waals surface area contributed by atoms with Gasteiger partial charge in [-0.25, -0.2) is 4.68 Å². The number of hydrogen-bond acceptors (Lipinski definition) is 7. The Balaban J connectivity index is 1.41. The van der Waals surface area contributed by atoms with Crippen molar-refractivity contribution in [2.45, 2.75) is 19.5 Å². The molecule has 2 aliphatic heterocycles. The molecule has 4 aromatic carbocycles. The van der Waals surface area contributed by atoms with Gasteiger partial charge in [0.15, 0.2) is 11.2 Å². The largest absolute Gasteiger partial charge is 0.497 e. The van der Waals surface area contributed by atoms with Crippen molar-refractivity contribution in [3.05, 3.63) is 142 Å². The van der Waals surface area contributed by atoms with Crippen LogP contribution in [0.5, 0.6) is 5.75 Å². The molecular weight excluding hydrogens is 538 g/mol. The zero-order valence-electron chi connectivity index (χ0n) is 23.6. The summed E-state index contributed by atoms with van der Waals surface area (Å²) in [4.78, 5) is 24.0. The maximum Gasteiger partial charge on any atom is 0.213 e. The maximum absolute atomic E-state index is 14.3. The summed E-state index contributed by atoms with van der Waals surface area (Å²) in [6, 6.07) is 33.3. The van der Waals surface area contributed by atoms with Crippen LogP contribution in [-0.4, -0.2) is 22.8 Å². The minimum absolute atomic E-state index is 0.122. The SMILES string of the molecule is COc1ccc2occ(C3c4c(C)nn(-c5ccccc5)c4N=C4N(Cc5ccccc5)c5ccccc5N43)c(=O)c2c1. The minimum atomic E-state index is -0.534. The Morgan fingerprint density at radius 2 is 1.60 bits per heavy atom. The lowest BCUT2D eigenvalue weighted by molar-refractivity contribution is 0.415. The van der Waals surface area contributed by atoms with Gasteiger partial charge < -0.3 is 14.1 Å². The molecule has 0 aliphatic carbocycles. The van der Waals surface area contributed by atoms with E-state index in [9.17, 15) is 4.79 Å². The summed E-state index contributed by atoms with van der Waals surface area (Å²) in [6.07, 6.45) is 1.59. The topological polar surface area (TPSA) is 76.1 Å². The molecule has 0 radical (unpaired) electrons. The molecule has 0 saturated carbocycles. The highest BCUT2D eigenvalue weighted by molar-refractivity contribution is 6.18. The van der Waals surface area contributed by atoms with E-state index >= 15 is 0 Å². The van der Waals surface area contributed by atoms with Crippen LogP contribution in [0.4, 0.5) is 17.2 Å². The molecule has 0 spiro atoms. The van der Waals surface area contributed by atoms with Crippen molar-refractivity contribution in [3.63, 3.8) is 0 Å². The highest BCUT2D eigenvalue weighted by Crippen LogP contribution is 2.50. The van der Waals surface area contributed by atoms with Crippen molar-refractivity contribution in [3.8, 4) is 11.4 Å². The highest BCUT2D eigenvalue weighted by atomic mass is 16.5. The van der Waals surface area contributed by atoms with Gasteiger partial charge in [0.1, 0.15) is 17.6 Å². The smallest absolute Gasteiger partial charge is 0.213 e. The van der Waals surface area contributed by atoms with Crippen molar-refractivity contribution in [2.24, 2.45) is 4.99 Å². The molecule has 6 aromatic rings. The Morgan fingerprint density at radius 1 is 0.884 bits per heavy atom. The van der Waals surface area contributed by atoms with Crippen LogP contribution in [0.15, 0.2) is 124 Å². The maximum atomic E-state index is 14.3. The van der Waals surface area contributed by atoms with Gasteiger partial charge in [-0.05, 0) is 55.0 Å². The van der Waals surface area contributed by atoms with Gasteiger partial charge in [-0.2, -0.15) is 10.1 Å². The number of aliphatic imine (C=N–C) groups is 1. The molecule has 0 fully saturated rings. The lowest BCUT2D eigenvalue weighted by atomic mass is 9.95. The number of ether oxygens (including phenoxy) is 1. The highest BCUT2D eigenvalue weighted by Gasteiger charge is 2.45. The number of aromatic nitrogens is 2. The van der Waals surface area contributed by atoms with Gasteiger partial charge in [0, 0.05) is 5.56 Å². The molecule has 8 nitrogen and oxygen atoms in total. The Kier molecular flexibility index (Phi) is 5.68. The molecule has 210 valence electrons. The Bertz CT molecular complexity index is 2100. The Labute approximate surface area is 247 Å². The predicted molar refractivity (Wildman–Crippen MR) is 168 cm³/mol. The van der Waals surface area contributed by atoms with E-state index in [-0.39, 0.29) is 5.43 Å².